The molecule has 3 heterocycles. The average Bonchev–Trinajstić information content (AvgIpc) is 3.60. The number of methoxy groups -OCH3 is 1. The lowest BCUT2D eigenvalue weighted by Crippen LogP contribution is -2.39. The van der Waals surface area contributed by atoms with Crippen LogP contribution in [-0.4, -0.2) is 34.0 Å². The first-order chi connectivity index (χ1) is 21.4. The SMILES string of the molecule is C=CCOC(=O)C1=C(C)N=c2s/c(=C\c3cn(-c4ccccc4)nc3-c3ccc(C)cc3)c(=O)n2[C@@H]1c1ccc(OC)cc1. The number of rotatable bonds is 8. The Hall–Kier alpha value is -5.28. The molecule has 0 fully saturated rings. The third-order valence-electron chi connectivity index (χ3n) is 7.38. The highest BCUT2D eigenvalue weighted by Gasteiger charge is 2.33. The molecule has 9 heteroatoms. The summed E-state index contributed by atoms with van der Waals surface area (Å²) >= 11 is 1.27. The van der Waals surface area contributed by atoms with Gasteiger partial charge in [-0.05, 0) is 49.8 Å². The van der Waals surface area contributed by atoms with Crippen molar-refractivity contribution >= 4 is 23.4 Å². The minimum absolute atomic E-state index is 0.0442. The second-order valence-electron chi connectivity index (χ2n) is 10.3. The molecular formula is C35H30N4O4S. The maximum atomic E-state index is 14.2. The number of fused-ring (bicyclic) bond motifs is 1. The highest BCUT2D eigenvalue weighted by atomic mass is 32.1. The van der Waals surface area contributed by atoms with Gasteiger partial charge in [-0.25, -0.2) is 14.5 Å². The number of aromatic nitrogens is 3. The van der Waals surface area contributed by atoms with Crippen LogP contribution in [0.2, 0.25) is 0 Å². The van der Waals surface area contributed by atoms with Crippen LogP contribution in [0.5, 0.6) is 5.75 Å². The van der Waals surface area contributed by atoms with Gasteiger partial charge in [0.05, 0.1) is 40.3 Å². The molecule has 2 aromatic heterocycles. The molecule has 6 rings (SSSR count). The maximum Gasteiger partial charge on any atom is 0.338 e. The van der Waals surface area contributed by atoms with Crippen molar-refractivity contribution in [2.45, 2.75) is 19.9 Å². The van der Waals surface area contributed by atoms with E-state index in [1.54, 1.807) is 30.7 Å². The predicted molar refractivity (Wildman–Crippen MR) is 172 cm³/mol. The van der Waals surface area contributed by atoms with E-state index < -0.39 is 12.0 Å². The molecule has 0 radical (unpaired) electrons. The monoisotopic (exact) mass is 602 g/mol. The summed E-state index contributed by atoms with van der Waals surface area (Å²) in [6.45, 7) is 7.49. The fraction of sp³-hybridized carbons (Fsp3) is 0.143. The number of aryl methyl sites for hydroxylation is 1. The Morgan fingerprint density at radius 1 is 1.02 bits per heavy atom. The summed E-state index contributed by atoms with van der Waals surface area (Å²) in [7, 11) is 1.59. The summed E-state index contributed by atoms with van der Waals surface area (Å²) in [5.41, 5.74) is 5.76. The van der Waals surface area contributed by atoms with E-state index in [2.05, 4.69) is 6.58 Å². The number of nitrogens with zero attached hydrogens (tertiary/aromatic N) is 4. The molecule has 0 bridgehead atoms. The van der Waals surface area contributed by atoms with Crippen molar-refractivity contribution in [3.05, 3.63) is 145 Å². The molecule has 0 unspecified atom stereocenters. The van der Waals surface area contributed by atoms with Crippen molar-refractivity contribution in [3.8, 4) is 22.7 Å². The van der Waals surface area contributed by atoms with Gasteiger partial charge < -0.3 is 9.47 Å². The number of allylic oxidation sites excluding steroid dienone is 1. The number of carbonyl (C=O) groups is 1. The number of benzene rings is 3. The van der Waals surface area contributed by atoms with Crippen LogP contribution in [0.3, 0.4) is 0 Å². The molecule has 0 spiro atoms. The Labute approximate surface area is 258 Å². The van der Waals surface area contributed by atoms with Gasteiger partial charge in [0.25, 0.3) is 5.56 Å². The molecule has 5 aromatic rings. The van der Waals surface area contributed by atoms with E-state index >= 15 is 0 Å². The number of hydrogen-bond donors (Lipinski definition) is 0. The van der Waals surface area contributed by atoms with Crippen LogP contribution in [-0.2, 0) is 9.53 Å². The van der Waals surface area contributed by atoms with E-state index in [4.69, 9.17) is 19.6 Å². The number of hydrogen-bond acceptors (Lipinski definition) is 7. The molecule has 0 N–H and O–H groups in total. The summed E-state index contributed by atoms with van der Waals surface area (Å²) < 4.78 is 14.6. The second-order valence-corrected chi connectivity index (χ2v) is 11.3. The summed E-state index contributed by atoms with van der Waals surface area (Å²) in [4.78, 5) is 32.7. The van der Waals surface area contributed by atoms with Crippen molar-refractivity contribution in [2.75, 3.05) is 13.7 Å². The highest BCUT2D eigenvalue weighted by Crippen LogP contribution is 2.32. The van der Waals surface area contributed by atoms with E-state index in [1.165, 1.54) is 17.4 Å². The zero-order valence-electron chi connectivity index (χ0n) is 24.6. The largest absolute Gasteiger partial charge is 0.497 e. The van der Waals surface area contributed by atoms with Crippen LogP contribution in [0, 0.1) is 6.92 Å². The van der Waals surface area contributed by atoms with Crippen molar-refractivity contribution in [3.63, 3.8) is 0 Å². The van der Waals surface area contributed by atoms with Gasteiger partial charge in [0.15, 0.2) is 4.80 Å². The number of ether oxygens (including phenoxy) is 2. The van der Waals surface area contributed by atoms with E-state index in [1.807, 2.05) is 90.6 Å². The molecule has 1 aliphatic heterocycles. The van der Waals surface area contributed by atoms with Crippen LogP contribution >= 0.6 is 11.3 Å². The third-order valence-corrected chi connectivity index (χ3v) is 8.36. The second kappa shape index (κ2) is 12.1. The smallest absolute Gasteiger partial charge is 0.338 e. The minimum atomic E-state index is -0.736. The van der Waals surface area contributed by atoms with Crippen molar-refractivity contribution in [1.82, 2.24) is 14.3 Å². The van der Waals surface area contributed by atoms with Crippen molar-refractivity contribution < 1.29 is 14.3 Å². The Kier molecular flexibility index (Phi) is 7.95. The van der Waals surface area contributed by atoms with Crippen LogP contribution in [0.25, 0.3) is 23.0 Å². The normalized spacial score (nSPS) is 14.6. The molecular weight excluding hydrogens is 572 g/mol. The Morgan fingerprint density at radius 2 is 1.75 bits per heavy atom. The minimum Gasteiger partial charge on any atom is -0.497 e. The van der Waals surface area contributed by atoms with Crippen LogP contribution in [0.1, 0.15) is 29.7 Å². The fourth-order valence-corrected chi connectivity index (χ4v) is 6.22. The summed E-state index contributed by atoms with van der Waals surface area (Å²) in [6.07, 6.45) is 5.28. The first-order valence-electron chi connectivity index (χ1n) is 14.0. The molecule has 1 aliphatic rings. The molecule has 0 amide bonds. The third kappa shape index (κ3) is 5.45. The topological polar surface area (TPSA) is 87.7 Å². The first-order valence-corrected chi connectivity index (χ1v) is 14.9. The summed E-state index contributed by atoms with van der Waals surface area (Å²) in [5, 5.41) is 4.91. The van der Waals surface area contributed by atoms with Crippen LogP contribution < -0.4 is 19.6 Å². The standard InChI is InChI=1S/C35H30N4O4S/c1-5-19-43-34(41)30-23(3)36-35-39(32(30)25-15-17-28(42-4)18-16-25)33(40)29(44-35)20-26-21-38(27-9-7-6-8-10-27)37-31(26)24-13-11-22(2)12-14-24/h5-18,20-21,32H,1,19H2,2-4H3/b29-20-/t32-/m1/s1. The van der Waals surface area contributed by atoms with Gasteiger partial charge >= 0.3 is 5.97 Å². The molecule has 44 heavy (non-hydrogen) atoms. The number of esters is 1. The van der Waals surface area contributed by atoms with E-state index in [0.29, 0.717) is 26.4 Å². The summed E-state index contributed by atoms with van der Waals surface area (Å²) in [6, 6.07) is 24.5. The highest BCUT2D eigenvalue weighted by molar-refractivity contribution is 7.07. The fourth-order valence-electron chi connectivity index (χ4n) is 5.18. The molecule has 0 aliphatic carbocycles. The van der Waals surface area contributed by atoms with Crippen LogP contribution in [0.4, 0.5) is 0 Å². The molecule has 1 atom stereocenters. The first kappa shape index (κ1) is 28.8. The van der Waals surface area contributed by atoms with Gasteiger partial charge in [0, 0.05) is 17.3 Å². The molecule has 0 saturated heterocycles. The number of para-hydroxylation sites is 1. The lowest BCUT2D eigenvalue weighted by atomic mass is 9.96. The molecule has 3 aromatic carbocycles. The van der Waals surface area contributed by atoms with Gasteiger partial charge in [0.2, 0.25) is 0 Å². The van der Waals surface area contributed by atoms with E-state index in [-0.39, 0.29) is 12.2 Å². The Bertz CT molecular complexity index is 2070. The van der Waals surface area contributed by atoms with Crippen LogP contribution in [0.15, 0.2) is 119 Å². The Morgan fingerprint density at radius 3 is 2.43 bits per heavy atom. The zero-order chi connectivity index (χ0) is 30.8. The van der Waals surface area contributed by atoms with E-state index in [9.17, 15) is 9.59 Å². The zero-order valence-corrected chi connectivity index (χ0v) is 25.4. The van der Waals surface area contributed by atoms with Gasteiger partial charge in [-0.3, -0.25) is 9.36 Å². The Balaban J connectivity index is 1.54. The van der Waals surface area contributed by atoms with Gasteiger partial charge in [-0.2, -0.15) is 5.10 Å². The van der Waals surface area contributed by atoms with Gasteiger partial charge in [-0.15, -0.1) is 0 Å². The molecule has 8 nitrogen and oxygen atoms in total. The molecule has 0 saturated carbocycles. The quantitative estimate of drug-likeness (QED) is 0.182. The van der Waals surface area contributed by atoms with Gasteiger partial charge in [-0.1, -0.05) is 84.2 Å². The maximum absolute atomic E-state index is 14.2. The predicted octanol–water partition coefficient (Wildman–Crippen LogP) is 5.13. The summed E-state index contributed by atoms with van der Waals surface area (Å²) in [5.74, 6) is 0.115. The lowest BCUT2D eigenvalue weighted by Gasteiger charge is -2.24. The average molecular weight is 603 g/mol. The van der Waals surface area contributed by atoms with Gasteiger partial charge in [0.1, 0.15) is 12.4 Å². The number of carbonyl (C=O) groups excluding carboxylic acids is 1. The van der Waals surface area contributed by atoms with E-state index in [0.717, 1.165) is 33.6 Å². The number of thiazole rings is 1. The van der Waals surface area contributed by atoms with Crippen molar-refractivity contribution in [1.29, 1.82) is 0 Å². The van der Waals surface area contributed by atoms with Crippen molar-refractivity contribution in [2.24, 2.45) is 4.99 Å². The lowest BCUT2D eigenvalue weighted by molar-refractivity contribution is -0.138. The molecule has 220 valence electrons.